The summed E-state index contributed by atoms with van der Waals surface area (Å²) in [4.78, 5) is 18.7. The average molecular weight is 536 g/mol. The Kier molecular flexibility index (Phi) is 6.92. The first kappa shape index (κ1) is 25.6. The van der Waals surface area contributed by atoms with Crippen LogP contribution in [-0.2, 0) is 24.4 Å². The van der Waals surface area contributed by atoms with Crippen LogP contribution >= 0.6 is 0 Å². The highest BCUT2D eigenvalue weighted by Crippen LogP contribution is 2.39. The molecule has 0 unspecified atom stereocenters. The minimum absolute atomic E-state index is 0.258. The van der Waals surface area contributed by atoms with Crippen molar-refractivity contribution in [2.24, 2.45) is 0 Å². The molecule has 3 heterocycles. The molecule has 0 saturated heterocycles. The van der Waals surface area contributed by atoms with E-state index in [1.807, 2.05) is 35.0 Å². The molecule has 1 aliphatic rings. The summed E-state index contributed by atoms with van der Waals surface area (Å²) >= 11 is 0. The zero-order valence-corrected chi connectivity index (χ0v) is 21.9. The van der Waals surface area contributed by atoms with Crippen molar-refractivity contribution in [3.63, 3.8) is 0 Å². The van der Waals surface area contributed by atoms with Crippen LogP contribution in [-0.4, -0.2) is 32.1 Å². The Balaban J connectivity index is 1.46. The van der Waals surface area contributed by atoms with E-state index in [2.05, 4.69) is 27.3 Å². The van der Waals surface area contributed by atoms with E-state index in [0.29, 0.717) is 30.0 Å². The molecular formula is C32H27F2N5O. The van der Waals surface area contributed by atoms with Crippen LogP contribution in [0.2, 0.25) is 0 Å². The molecule has 1 aliphatic heterocycles. The van der Waals surface area contributed by atoms with E-state index in [1.54, 1.807) is 18.3 Å². The number of nitrogens with one attached hydrogen (secondary N) is 1. The molecule has 0 spiro atoms. The fraction of sp³-hybridized carbons (Fsp3) is 0.156. The lowest BCUT2D eigenvalue weighted by Gasteiger charge is -2.28. The van der Waals surface area contributed by atoms with Gasteiger partial charge in [0.25, 0.3) is 0 Å². The maximum Gasteiger partial charge on any atom is 0.221 e. The zero-order valence-electron chi connectivity index (χ0n) is 21.9. The summed E-state index contributed by atoms with van der Waals surface area (Å²) in [5.74, 6) is -0.999. The largest absolute Gasteiger partial charge is 0.326 e. The van der Waals surface area contributed by atoms with E-state index >= 15 is 0 Å². The van der Waals surface area contributed by atoms with Crippen LogP contribution in [0.1, 0.15) is 18.2 Å². The summed E-state index contributed by atoms with van der Waals surface area (Å²) < 4.78 is 30.2. The van der Waals surface area contributed by atoms with E-state index in [1.165, 1.54) is 42.8 Å². The molecule has 1 amide bonds. The maximum atomic E-state index is 14.3. The first-order valence-corrected chi connectivity index (χ1v) is 13.1. The Morgan fingerprint density at radius 2 is 1.68 bits per heavy atom. The van der Waals surface area contributed by atoms with Gasteiger partial charge in [0.2, 0.25) is 5.91 Å². The molecule has 5 aromatic rings. The number of halogens is 2. The second-order valence-electron chi connectivity index (χ2n) is 9.90. The Labute approximate surface area is 230 Å². The van der Waals surface area contributed by atoms with Gasteiger partial charge in [-0.15, -0.1) is 0 Å². The molecule has 8 heteroatoms. The summed E-state index contributed by atoms with van der Waals surface area (Å²) in [6, 6.07) is 24.7. The Morgan fingerprint density at radius 3 is 2.45 bits per heavy atom. The topological polar surface area (TPSA) is 63.1 Å². The smallest absolute Gasteiger partial charge is 0.221 e. The van der Waals surface area contributed by atoms with Crippen molar-refractivity contribution in [1.82, 2.24) is 19.7 Å². The molecule has 0 aliphatic carbocycles. The second-order valence-corrected chi connectivity index (χ2v) is 9.90. The molecule has 200 valence electrons. The fourth-order valence-electron chi connectivity index (χ4n) is 5.22. The third-order valence-electron chi connectivity index (χ3n) is 7.04. The van der Waals surface area contributed by atoms with Gasteiger partial charge in [0.1, 0.15) is 17.3 Å². The van der Waals surface area contributed by atoms with Gasteiger partial charge in [-0.25, -0.2) is 8.78 Å². The summed E-state index contributed by atoms with van der Waals surface area (Å²) in [5.41, 5.74) is 7.07. The highest BCUT2D eigenvalue weighted by Gasteiger charge is 2.26. The fourth-order valence-corrected chi connectivity index (χ4v) is 5.22. The Hall–Kier alpha value is -4.69. The maximum absolute atomic E-state index is 14.3. The van der Waals surface area contributed by atoms with Gasteiger partial charge in [-0.2, -0.15) is 5.10 Å². The molecule has 40 heavy (non-hydrogen) atoms. The number of amides is 1. The van der Waals surface area contributed by atoms with Crippen molar-refractivity contribution < 1.29 is 13.6 Å². The van der Waals surface area contributed by atoms with Crippen molar-refractivity contribution in [2.45, 2.75) is 26.6 Å². The second kappa shape index (κ2) is 10.8. The Bertz CT molecular complexity index is 1680. The summed E-state index contributed by atoms with van der Waals surface area (Å²) in [6.45, 7) is 4.45. The number of rotatable bonds is 6. The third kappa shape index (κ3) is 5.26. The minimum atomic E-state index is -0.428. The van der Waals surface area contributed by atoms with Gasteiger partial charge >= 0.3 is 0 Å². The van der Waals surface area contributed by atoms with Crippen LogP contribution in [0.15, 0.2) is 91.1 Å². The summed E-state index contributed by atoms with van der Waals surface area (Å²) in [7, 11) is 0. The van der Waals surface area contributed by atoms with Gasteiger partial charge in [-0.1, -0.05) is 30.3 Å². The third-order valence-corrected chi connectivity index (χ3v) is 7.04. The molecule has 6 nitrogen and oxygen atoms in total. The lowest BCUT2D eigenvalue weighted by atomic mass is 9.96. The van der Waals surface area contributed by atoms with Crippen molar-refractivity contribution in [3.05, 3.63) is 114 Å². The van der Waals surface area contributed by atoms with Crippen LogP contribution in [0.4, 0.5) is 14.5 Å². The van der Waals surface area contributed by atoms with E-state index in [0.717, 1.165) is 41.2 Å². The molecular weight excluding hydrogens is 508 g/mol. The highest BCUT2D eigenvalue weighted by molar-refractivity contribution is 5.94. The van der Waals surface area contributed by atoms with Crippen LogP contribution < -0.4 is 5.32 Å². The number of anilines is 1. The number of carbonyl (C=O) groups is 1. The van der Waals surface area contributed by atoms with Crippen molar-refractivity contribution in [1.29, 1.82) is 0 Å². The molecule has 0 atom stereocenters. The van der Waals surface area contributed by atoms with Gasteiger partial charge in [-0.3, -0.25) is 19.4 Å². The molecule has 0 bridgehead atoms. The molecule has 2 aromatic heterocycles. The quantitative estimate of drug-likeness (QED) is 0.269. The molecule has 6 rings (SSSR count). The molecule has 0 saturated carbocycles. The van der Waals surface area contributed by atoms with Crippen LogP contribution in [0.25, 0.3) is 33.6 Å². The van der Waals surface area contributed by atoms with Crippen LogP contribution in [0.3, 0.4) is 0 Å². The number of fused-ring (bicyclic) bond motifs is 1. The monoisotopic (exact) mass is 535 g/mol. The lowest BCUT2D eigenvalue weighted by molar-refractivity contribution is -0.114. The molecule has 0 radical (unpaired) electrons. The van der Waals surface area contributed by atoms with Gasteiger partial charge in [0.15, 0.2) is 0 Å². The SMILES string of the molecule is CC(=O)Nc1ccc(F)cc1-c1cc(-c2c(-c3ccc(F)cc3)nn3c2CN(Cc2ccccc2)CC3)ccn1. The van der Waals surface area contributed by atoms with Crippen molar-refractivity contribution in [3.8, 4) is 33.6 Å². The highest BCUT2D eigenvalue weighted by atomic mass is 19.1. The summed E-state index contributed by atoms with van der Waals surface area (Å²) in [6.07, 6.45) is 1.68. The van der Waals surface area contributed by atoms with Crippen LogP contribution in [0.5, 0.6) is 0 Å². The van der Waals surface area contributed by atoms with Crippen LogP contribution in [0, 0.1) is 11.6 Å². The van der Waals surface area contributed by atoms with E-state index < -0.39 is 5.82 Å². The number of hydrogen-bond donors (Lipinski definition) is 1. The molecule has 3 aromatic carbocycles. The normalized spacial score (nSPS) is 13.2. The summed E-state index contributed by atoms with van der Waals surface area (Å²) in [5, 5.41) is 7.74. The first-order valence-electron chi connectivity index (χ1n) is 13.1. The predicted molar refractivity (Wildman–Crippen MR) is 151 cm³/mol. The van der Waals surface area contributed by atoms with E-state index in [9.17, 15) is 13.6 Å². The van der Waals surface area contributed by atoms with Gasteiger partial charge in [0.05, 0.1) is 23.6 Å². The van der Waals surface area contributed by atoms with Gasteiger partial charge < -0.3 is 5.32 Å². The first-order chi connectivity index (χ1) is 19.4. The average Bonchev–Trinajstić information content (AvgIpc) is 3.33. The van der Waals surface area contributed by atoms with Gasteiger partial charge in [-0.05, 0) is 65.7 Å². The minimum Gasteiger partial charge on any atom is -0.326 e. The number of nitrogens with zero attached hydrogens (tertiary/aromatic N) is 4. The lowest BCUT2D eigenvalue weighted by Crippen LogP contribution is -2.33. The number of carbonyl (C=O) groups excluding carboxylic acids is 1. The van der Waals surface area contributed by atoms with E-state index in [4.69, 9.17) is 5.10 Å². The standard InChI is InChI=1S/C32H27F2N5O/c1-21(40)36-28-12-11-26(34)18-27(28)29-17-24(13-14-35-29)31-30-20-38(19-22-5-3-2-4-6-22)15-16-39(30)37-32(31)23-7-9-25(33)10-8-23/h2-14,17-18H,15-16,19-20H2,1H3,(H,36,40). The molecule has 1 N–H and O–H groups in total. The zero-order chi connectivity index (χ0) is 27.6. The predicted octanol–water partition coefficient (Wildman–Crippen LogP) is 6.53. The van der Waals surface area contributed by atoms with Crippen molar-refractivity contribution in [2.75, 3.05) is 11.9 Å². The van der Waals surface area contributed by atoms with Crippen molar-refractivity contribution >= 4 is 11.6 Å². The number of pyridine rings is 1. The van der Waals surface area contributed by atoms with E-state index in [-0.39, 0.29) is 11.7 Å². The number of benzene rings is 3. The Morgan fingerprint density at radius 1 is 0.900 bits per heavy atom. The number of aromatic nitrogens is 3. The molecule has 0 fully saturated rings. The van der Waals surface area contributed by atoms with Gasteiger partial charge in [0, 0.05) is 49.4 Å². The number of hydrogen-bond acceptors (Lipinski definition) is 4.